The molecule has 254 valence electrons. The van der Waals surface area contributed by atoms with Gasteiger partial charge >= 0.3 is 12.1 Å². The number of aliphatic carboxylic acids is 1. The first kappa shape index (κ1) is 34.9. The predicted octanol–water partition coefficient (Wildman–Crippen LogP) is 1.39. The Bertz CT molecular complexity index is 1490. The van der Waals surface area contributed by atoms with Crippen molar-refractivity contribution >= 4 is 46.6 Å². The number of amides is 5. The fourth-order valence-electron chi connectivity index (χ4n) is 5.62. The molecule has 15 nitrogen and oxygen atoms in total. The minimum atomic E-state index is -1.17. The molecular weight excluding hydrogens is 612 g/mol. The molecule has 2 aliphatic rings. The summed E-state index contributed by atoms with van der Waals surface area (Å²) < 4.78 is 10.9. The van der Waals surface area contributed by atoms with Gasteiger partial charge in [-0.15, -0.1) is 0 Å². The quantitative estimate of drug-likeness (QED) is 0.302. The van der Waals surface area contributed by atoms with Crippen molar-refractivity contribution in [1.29, 1.82) is 0 Å². The monoisotopic (exact) mass is 654 g/mol. The number of benzene rings is 1. The van der Waals surface area contributed by atoms with Crippen molar-refractivity contribution in [1.82, 2.24) is 30.3 Å². The Morgan fingerprint density at radius 1 is 1.00 bits per heavy atom. The number of para-hydroxylation sites is 1. The zero-order valence-electron chi connectivity index (χ0n) is 26.9. The lowest BCUT2D eigenvalue weighted by atomic mass is 10.1. The normalized spacial score (nSPS) is 16.9. The standard InChI is InChI=1S/C32H42N6O9/c1-4-46-32(45)37-16-14-36(15-17-37)31(44)23(11-12-28(40)41)35-29(42)24-18-26(21-8-5-6-9-22(21)34-24)47-19-27(39)38-13-7-10-25(38)30(43)33-20(2)3/h5-6,8-9,18,20,23,25H,4,7,10-17,19H2,1-3H3,(H,33,43)(H,35,42)(H,40,41)/t23-,25-/m0/s1. The molecule has 2 saturated heterocycles. The molecule has 2 atom stereocenters. The number of nitrogens with one attached hydrogen (secondary N) is 2. The first-order valence-electron chi connectivity index (χ1n) is 15.8. The van der Waals surface area contributed by atoms with Crippen molar-refractivity contribution in [2.45, 2.75) is 64.6 Å². The number of nitrogens with zero attached hydrogens (tertiary/aromatic N) is 4. The summed E-state index contributed by atoms with van der Waals surface area (Å²) in [6, 6.07) is 6.43. The van der Waals surface area contributed by atoms with Crippen LogP contribution in [0.5, 0.6) is 5.75 Å². The highest BCUT2D eigenvalue weighted by atomic mass is 16.6. The fourth-order valence-corrected chi connectivity index (χ4v) is 5.62. The molecule has 3 heterocycles. The smallest absolute Gasteiger partial charge is 0.409 e. The molecule has 0 bridgehead atoms. The molecule has 15 heteroatoms. The molecule has 2 fully saturated rings. The molecule has 0 spiro atoms. The first-order chi connectivity index (χ1) is 22.5. The van der Waals surface area contributed by atoms with Crippen LogP contribution in [0.1, 0.15) is 56.9 Å². The number of carbonyl (C=O) groups excluding carboxylic acids is 5. The number of aromatic nitrogens is 1. The summed E-state index contributed by atoms with van der Waals surface area (Å²) in [6.07, 6.45) is 0.232. The van der Waals surface area contributed by atoms with Crippen molar-refractivity contribution < 1.29 is 43.3 Å². The molecule has 5 amide bonds. The van der Waals surface area contributed by atoms with Gasteiger partial charge in [-0.05, 0) is 52.2 Å². The Morgan fingerprint density at radius 2 is 1.70 bits per heavy atom. The Morgan fingerprint density at radius 3 is 2.38 bits per heavy atom. The predicted molar refractivity (Wildman–Crippen MR) is 169 cm³/mol. The Balaban J connectivity index is 1.48. The number of pyridine rings is 1. The molecular formula is C32H42N6O9. The minimum Gasteiger partial charge on any atom is -0.483 e. The van der Waals surface area contributed by atoms with Gasteiger partial charge in [0.15, 0.2) is 6.61 Å². The summed E-state index contributed by atoms with van der Waals surface area (Å²) in [7, 11) is 0. The highest BCUT2D eigenvalue weighted by Crippen LogP contribution is 2.26. The van der Waals surface area contributed by atoms with Crippen LogP contribution in [0.3, 0.4) is 0 Å². The summed E-state index contributed by atoms with van der Waals surface area (Å²) in [5.41, 5.74) is 0.309. The van der Waals surface area contributed by atoms with Crippen LogP contribution in [0, 0.1) is 0 Å². The second kappa shape index (κ2) is 16.1. The number of hydrogen-bond acceptors (Lipinski definition) is 9. The number of hydrogen-bond donors (Lipinski definition) is 3. The number of carboxylic acids is 1. The average molecular weight is 655 g/mol. The second-order valence-corrected chi connectivity index (χ2v) is 11.7. The van der Waals surface area contributed by atoms with E-state index in [1.807, 2.05) is 13.8 Å². The third-order valence-electron chi connectivity index (χ3n) is 7.94. The largest absolute Gasteiger partial charge is 0.483 e. The number of likely N-dealkylation sites (tertiary alicyclic amines) is 1. The molecule has 0 aliphatic carbocycles. The number of carboxylic acid groups (broad SMARTS) is 1. The zero-order chi connectivity index (χ0) is 34.1. The Kier molecular flexibility index (Phi) is 11.9. The molecule has 2 aromatic rings. The van der Waals surface area contributed by atoms with Crippen molar-refractivity contribution in [2.24, 2.45) is 0 Å². The van der Waals surface area contributed by atoms with Crippen LogP contribution in [-0.2, 0) is 23.9 Å². The summed E-state index contributed by atoms with van der Waals surface area (Å²) in [5.74, 6) is -2.72. The lowest BCUT2D eigenvalue weighted by Gasteiger charge is -2.35. The maximum atomic E-state index is 13.5. The molecule has 2 aliphatic heterocycles. The van der Waals surface area contributed by atoms with Gasteiger partial charge in [0.1, 0.15) is 23.5 Å². The summed E-state index contributed by atoms with van der Waals surface area (Å²) in [4.78, 5) is 85.1. The van der Waals surface area contributed by atoms with Crippen LogP contribution in [0.2, 0.25) is 0 Å². The van der Waals surface area contributed by atoms with Gasteiger partial charge in [-0.25, -0.2) is 9.78 Å². The van der Waals surface area contributed by atoms with E-state index in [4.69, 9.17) is 9.47 Å². The number of fused-ring (bicyclic) bond motifs is 1. The lowest BCUT2D eigenvalue weighted by Crippen LogP contribution is -2.56. The van der Waals surface area contributed by atoms with Crippen LogP contribution in [-0.4, -0.2) is 125 Å². The number of ether oxygens (including phenoxy) is 2. The number of piperazine rings is 1. The van der Waals surface area contributed by atoms with Crippen molar-refractivity contribution in [2.75, 3.05) is 45.9 Å². The maximum Gasteiger partial charge on any atom is 0.409 e. The molecule has 4 rings (SSSR count). The summed E-state index contributed by atoms with van der Waals surface area (Å²) in [6.45, 7) is 6.52. The van der Waals surface area contributed by atoms with Gasteiger partial charge in [0.2, 0.25) is 11.8 Å². The van der Waals surface area contributed by atoms with Crippen molar-refractivity contribution in [3.05, 3.63) is 36.0 Å². The third-order valence-corrected chi connectivity index (χ3v) is 7.94. The van der Waals surface area contributed by atoms with Crippen LogP contribution >= 0.6 is 0 Å². The SMILES string of the molecule is CCOC(=O)N1CCN(C(=O)[C@H](CCC(=O)O)NC(=O)c2cc(OCC(=O)N3CCC[C@H]3C(=O)NC(C)C)c3ccccc3n2)CC1. The zero-order valence-corrected chi connectivity index (χ0v) is 26.9. The molecule has 47 heavy (non-hydrogen) atoms. The van der Waals surface area contributed by atoms with E-state index in [1.165, 1.54) is 20.8 Å². The lowest BCUT2D eigenvalue weighted by molar-refractivity contribution is -0.140. The summed E-state index contributed by atoms with van der Waals surface area (Å²) >= 11 is 0. The van der Waals surface area contributed by atoms with Gasteiger partial charge < -0.3 is 39.9 Å². The summed E-state index contributed by atoms with van der Waals surface area (Å²) in [5, 5.41) is 15.3. The van der Waals surface area contributed by atoms with Gasteiger partial charge in [0, 0.05) is 56.6 Å². The van der Waals surface area contributed by atoms with Crippen LogP contribution < -0.4 is 15.4 Å². The van der Waals surface area contributed by atoms with E-state index in [-0.39, 0.29) is 81.5 Å². The molecule has 0 saturated carbocycles. The van der Waals surface area contributed by atoms with Crippen LogP contribution in [0.15, 0.2) is 30.3 Å². The van der Waals surface area contributed by atoms with E-state index in [9.17, 15) is 33.9 Å². The van der Waals surface area contributed by atoms with Crippen LogP contribution in [0.4, 0.5) is 4.79 Å². The topological polar surface area (TPSA) is 188 Å². The maximum absolute atomic E-state index is 13.5. The Labute approximate surface area is 272 Å². The molecule has 1 aromatic heterocycles. The van der Waals surface area contributed by atoms with Gasteiger partial charge in [-0.3, -0.25) is 24.0 Å². The highest BCUT2D eigenvalue weighted by molar-refractivity contribution is 5.99. The van der Waals surface area contributed by atoms with Crippen molar-refractivity contribution in [3.63, 3.8) is 0 Å². The van der Waals surface area contributed by atoms with E-state index in [0.717, 1.165) is 0 Å². The van der Waals surface area contributed by atoms with Crippen LogP contribution in [0.25, 0.3) is 10.9 Å². The van der Waals surface area contributed by atoms with Gasteiger partial charge in [0.25, 0.3) is 11.8 Å². The molecule has 1 aromatic carbocycles. The third kappa shape index (κ3) is 9.08. The van der Waals surface area contributed by atoms with E-state index in [0.29, 0.717) is 30.3 Å². The Hall–Kier alpha value is -4.95. The van der Waals surface area contributed by atoms with Gasteiger partial charge in [-0.1, -0.05) is 12.1 Å². The van der Waals surface area contributed by atoms with Gasteiger partial charge in [0.05, 0.1) is 12.1 Å². The highest BCUT2D eigenvalue weighted by Gasteiger charge is 2.35. The molecule has 0 radical (unpaired) electrons. The first-order valence-corrected chi connectivity index (χ1v) is 15.8. The van der Waals surface area contributed by atoms with E-state index in [1.54, 1.807) is 31.2 Å². The average Bonchev–Trinajstić information content (AvgIpc) is 3.55. The fraction of sp³-hybridized carbons (Fsp3) is 0.531. The molecule has 3 N–H and O–H groups in total. The van der Waals surface area contributed by atoms with Gasteiger partial charge in [-0.2, -0.15) is 0 Å². The number of carbonyl (C=O) groups is 6. The second-order valence-electron chi connectivity index (χ2n) is 11.7. The van der Waals surface area contributed by atoms with Crippen molar-refractivity contribution in [3.8, 4) is 5.75 Å². The molecule has 0 unspecified atom stereocenters. The van der Waals surface area contributed by atoms with E-state index in [2.05, 4.69) is 15.6 Å². The van der Waals surface area contributed by atoms with E-state index < -0.39 is 36.0 Å². The number of rotatable bonds is 12. The minimum absolute atomic E-state index is 0.0652. The van der Waals surface area contributed by atoms with E-state index >= 15 is 0 Å².